The van der Waals surface area contributed by atoms with E-state index in [0.29, 0.717) is 18.0 Å². The monoisotopic (exact) mass is 258 g/mol. The molecule has 0 bridgehead atoms. The van der Waals surface area contributed by atoms with Gasteiger partial charge in [-0.3, -0.25) is 4.79 Å². The molecule has 0 saturated carbocycles. The first-order valence-corrected chi connectivity index (χ1v) is 7.26. The lowest BCUT2D eigenvalue weighted by Crippen LogP contribution is -2.44. The van der Waals surface area contributed by atoms with Crippen molar-refractivity contribution in [3.05, 3.63) is 35.9 Å². The number of hydrogen-bond donors (Lipinski definition) is 1. The first-order chi connectivity index (χ1) is 9.18. The van der Waals surface area contributed by atoms with Gasteiger partial charge >= 0.3 is 0 Å². The second-order valence-electron chi connectivity index (χ2n) is 5.95. The summed E-state index contributed by atoms with van der Waals surface area (Å²) in [5, 5.41) is 3.41. The fourth-order valence-corrected chi connectivity index (χ4v) is 3.65. The Labute approximate surface area is 115 Å². The summed E-state index contributed by atoms with van der Waals surface area (Å²) in [6.45, 7) is 6.24. The first kappa shape index (κ1) is 12.7. The molecule has 0 radical (unpaired) electrons. The SMILES string of the molecule is CC(C(=O)N1C(C)CC2CNCC21)c1ccccc1. The van der Waals surface area contributed by atoms with Crippen LogP contribution in [0.2, 0.25) is 0 Å². The molecule has 1 N–H and O–H groups in total. The topological polar surface area (TPSA) is 32.3 Å². The van der Waals surface area contributed by atoms with Crippen LogP contribution in [0.1, 0.15) is 31.7 Å². The predicted molar refractivity (Wildman–Crippen MR) is 75.9 cm³/mol. The minimum Gasteiger partial charge on any atom is -0.335 e. The van der Waals surface area contributed by atoms with Crippen LogP contribution in [0.25, 0.3) is 0 Å². The van der Waals surface area contributed by atoms with E-state index < -0.39 is 0 Å². The van der Waals surface area contributed by atoms with Crippen molar-refractivity contribution in [3.8, 4) is 0 Å². The van der Waals surface area contributed by atoms with Crippen LogP contribution < -0.4 is 5.32 Å². The number of likely N-dealkylation sites (tertiary alicyclic amines) is 1. The number of fused-ring (bicyclic) bond motifs is 1. The number of amides is 1. The van der Waals surface area contributed by atoms with Crippen molar-refractivity contribution in [2.75, 3.05) is 13.1 Å². The van der Waals surface area contributed by atoms with Gasteiger partial charge in [-0.05, 0) is 31.7 Å². The van der Waals surface area contributed by atoms with Crippen molar-refractivity contribution in [3.63, 3.8) is 0 Å². The van der Waals surface area contributed by atoms with Crippen molar-refractivity contribution < 1.29 is 4.79 Å². The molecule has 2 heterocycles. The molecule has 1 aromatic carbocycles. The maximum absolute atomic E-state index is 12.8. The van der Waals surface area contributed by atoms with E-state index in [1.165, 1.54) is 0 Å². The number of benzene rings is 1. The van der Waals surface area contributed by atoms with Gasteiger partial charge in [0.1, 0.15) is 0 Å². The molecule has 3 nitrogen and oxygen atoms in total. The molecule has 4 atom stereocenters. The van der Waals surface area contributed by atoms with Gasteiger partial charge in [0, 0.05) is 25.2 Å². The van der Waals surface area contributed by atoms with E-state index in [9.17, 15) is 4.79 Å². The molecule has 4 unspecified atom stereocenters. The molecule has 2 aliphatic heterocycles. The average molecular weight is 258 g/mol. The van der Waals surface area contributed by atoms with Crippen LogP contribution in [0.15, 0.2) is 30.3 Å². The fourth-order valence-electron chi connectivity index (χ4n) is 3.65. The Hall–Kier alpha value is -1.35. The fraction of sp³-hybridized carbons (Fsp3) is 0.562. The van der Waals surface area contributed by atoms with Crippen LogP contribution in [0.4, 0.5) is 0 Å². The Balaban J connectivity index is 1.80. The molecular formula is C16H22N2O. The molecule has 3 rings (SSSR count). The van der Waals surface area contributed by atoms with Crippen molar-refractivity contribution in [1.29, 1.82) is 0 Å². The number of nitrogens with zero attached hydrogens (tertiary/aromatic N) is 1. The van der Waals surface area contributed by atoms with Crippen LogP contribution in [0.3, 0.4) is 0 Å². The van der Waals surface area contributed by atoms with E-state index in [-0.39, 0.29) is 11.8 Å². The van der Waals surface area contributed by atoms with Crippen LogP contribution in [0.5, 0.6) is 0 Å². The zero-order valence-electron chi connectivity index (χ0n) is 11.7. The Morgan fingerprint density at radius 3 is 2.79 bits per heavy atom. The number of carbonyl (C=O) groups is 1. The summed E-state index contributed by atoms with van der Waals surface area (Å²) in [4.78, 5) is 14.9. The van der Waals surface area contributed by atoms with E-state index in [4.69, 9.17) is 0 Å². The van der Waals surface area contributed by atoms with Crippen molar-refractivity contribution in [2.45, 2.75) is 38.3 Å². The molecule has 2 saturated heterocycles. The summed E-state index contributed by atoms with van der Waals surface area (Å²) >= 11 is 0. The van der Waals surface area contributed by atoms with Crippen molar-refractivity contribution >= 4 is 5.91 Å². The van der Waals surface area contributed by atoms with E-state index in [2.05, 4.69) is 17.1 Å². The molecule has 102 valence electrons. The lowest BCUT2D eigenvalue weighted by atomic mass is 9.99. The summed E-state index contributed by atoms with van der Waals surface area (Å²) < 4.78 is 0. The Morgan fingerprint density at radius 1 is 1.32 bits per heavy atom. The van der Waals surface area contributed by atoms with Gasteiger partial charge in [-0.1, -0.05) is 30.3 Å². The third-order valence-corrected chi connectivity index (χ3v) is 4.70. The van der Waals surface area contributed by atoms with Crippen LogP contribution >= 0.6 is 0 Å². The Kier molecular flexibility index (Phi) is 3.31. The third kappa shape index (κ3) is 2.16. The van der Waals surface area contributed by atoms with Gasteiger partial charge in [-0.15, -0.1) is 0 Å². The molecule has 0 aromatic heterocycles. The maximum Gasteiger partial charge on any atom is 0.230 e. The summed E-state index contributed by atoms with van der Waals surface area (Å²) in [5.41, 5.74) is 1.12. The summed E-state index contributed by atoms with van der Waals surface area (Å²) in [6, 6.07) is 10.9. The average Bonchev–Trinajstić information content (AvgIpc) is 2.98. The molecule has 0 spiro atoms. The zero-order valence-corrected chi connectivity index (χ0v) is 11.7. The number of nitrogens with one attached hydrogen (secondary N) is 1. The van der Waals surface area contributed by atoms with Gasteiger partial charge in [-0.2, -0.15) is 0 Å². The van der Waals surface area contributed by atoms with Gasteiger partial charge in [0.25, 0.3) is 0 Å². The third-order valence-electron chi connectivity index (χ3n) is 4.70. The molecule has 19 heavy (non-hydrogen) atoms. The van der Waals surface area contributed by atoms with Crippen molar-refractivity contribution in [2.24, 2.45) is 5.92 Å². The highest BCUT2D eigenvalue weighted by molar-refractivity contribution is 5.84. The Morgan fingerprint density at radius 2 is 2.05 bits per heavy atom. The first-order valence-electron chi connectivity index (χ1n) is 7.26. The summed E-state index contributed by atoms with van der Waals surface area (Å²) in [5.74, 6) is 0.903. The van der Waals surface area contributed by atoms with Gasteiger partial charge in [0.05, 0.1) is 5.92 Å². The normalized spacial score (nSPS) is 31.3. The molecule has 2 aliphatic rings. The number of carbonyl (C=O) groups excluding carboxylic acids is 1. The quantitative estimate of drug-likeness (QED) is 0.880. The molecule has 1 aromatic rings. The second-order valence-corrected chi connectivity index (χ2v) is 5.95. The van der Waals surface area contributed by atoms with Crippen LogP contribution in [-0.4, -0.2) is 36.0 Å². The predicted octanol–water partition coefficient (Wildman–Crippen LogP) is 2.00. The minimum atomic E-state index is -0.0389. The highest BCUT2D eigenvalue weighted by Gasteiger charge is 2.44. The van der Waals surface area contributed by atoms with E-state index in [1.54, 1.807) is 0 Å². The van der Waals surface area contributed by atoms with E-state index in [0.717, 1.165) is 25.1 Å². The lowest BCUT2D eigenvalue weighted by Gasteiger charge is -2.30. The standard InChI is InChI=1S/C16H22N2O/c1-11-8-14-9-17-10-15(14)18(11)16(19)12(2)13-6-4-3-5-7-13/h3-7,11-12,14-15,17H,8-10H2,1-2H3. The largest absolute Gasteiger partial charge is 0.335 e. The minimum absolute atomic E-state index is 0.0389. The maximum atomic E-state index is 12.8. The van der Waals surface area contributed by atoms with Gasteiger partial charge in [-0.25, -0.2) is 0 Å². The highest BCUT2D eigenvalue weighted by Crippen LogP contribution is 2.34. The zero-order chi connectivity index (χ0) is 13.4. The molecule has 0 aliphatic carbocycles. The van der Waals surface area contributed by atoms with Gasteiger partial charge < -0.3 is 10.2 Å². The smallest absolute Gasteiger partial charge is 0.230 e. The van der Waals surface area contributed by atoms with Gasteiger partial charge in [0.2, 0.25) is 5.91 Å². The Bertz CT molecular complexity index is 459. The van der Waals surface area contributed by atoms with Gasteiger partial charge in [0.15, 0.2) is 0 Å². The van der Waals surface area contributed by atoms with E-state index in [1.807, 2.05) is 37.3 Å². The van der Waals surface area contributed by atoms with E-state index >= 15 is 0 Å². The molecule has 1 amide bonds. The lowest BCUT2D eigenvalue weighted by molar-refractivity contribution is -0.135. The number of hydrogen-bond acceptors (Lipinski definition) is 2. The number of rotatable bonds is 2. The summed E-state index contributed by atoms with van der Waals surface area (Å²) in [6.07, 6.45) is 1.14. The molecular weight excluding hydrogens is 236 g/mol. The van der Waals surface area contributed by atoms with Crippen LogP contribution in [-0.2, 0) is 4.79 Å². The summed E-state index contributed by atoms with van der Waals surface area (Å²) in [7, 11) is 0. The van der Waals surface area contributed by atoms with Crippen LogP contribution in [0, 0.1) is 5.92 Å². The van der Waals surface area contributed by atoms with Crippen molar-refractivity contribution in [1.82, 2.24) is 10.2 Å². The molecule has 2 fully saturated rings. The second kappa shape index (κ2) is 4.97. The molecule has 3 heteroatoms. The highest BCUT2D eigenvalue weighted by atomic mass is 16.2.